The number of carbonyl (C=O) groups is 2. The van der Waals surface area contributed by atoms with Gasteiger partial charge in [0.05, 0.1) is 0 Å². The van der Waals surface area contributed by atoms with Crippen LogP contribution in [0.4, 0.5) is 9.59 Å². The second-order valence-electron chi connectivity index (χ2n) is 16.1. The number of amides is 2. The SMILES string of the molecule is CC1CN(Cc2ccccc2)CCC1N1CCN(C(=O)OC(C)(C)C)CC1.CC1CNCCC1N1CCN(C(=O)OC(C)(C)C)CC1. The minimum Gasteiger partial charge on any atom is -0.444 e. The minimum atomic E-state index is -0.422. The minimum absolute atomic E-state index is 0.171. The first-order chi connectivity index (χ1) is 22.2. The van der Waals surface area contributed by atoms with E-state index in [0.717, 1.165) is 85.1 Å². The number of hydrogen-bond acceptors (Lipinski definition) is 8. The molecule has 266 valence electrons. The topological polar surface area (TPSA) is 80.8 Å². The Balaban J connectivity index is 0.000000223. The van der Waals surface area contributed by atoms with Crippen LogP contribution in [0.3, 0.4) is 0 Å². The molecule has 0 spiro atoms. The van der Waals surface area contributed by atoms with E-state index in [1.807, 2.05) is 51.3 Å². The first-order valence-electron chi connectivity index (χ1n) is 18.1. The van der Waals surface area contributed by atoms with Crippen molar-refractivity contribution >= 4 is 12.2 Å². The van der Waals surface area contributed by atoms with Crippen molar-refractivity contribution in [2.75, 3.05) is 78.5 Å². The third kappa shape index (κ3) is 11.9. The highest BCUT2D eigenvalue weighted by Gasteiger charge is 2.35. The Morgan fingerprint density at radius 3 is 1.64 bits per heavy atom. The van der Waals surface area contributed by atoms with E-state index >= 15 is 0 Å². The number of rotatable bonds is 4. The molecule has 4 aliphatic rings. The smallest absolute Gasteiger partial charge is 0.410 e. The summed E-state index contributed by atoms with van der Waals surface area (Å²) in [5.74, 6) is 1.34. The van der Waals surface area contributed by atoms with Crippen molar-refractivity contribution in [1.82, 2.24) is 29.8 Å². The summed E-state index contributed by atoms with van der Waals surface area (Å²) in [6, 6.07) is 12.0. The quantitative estimate of drug-likeness (QED) is 0.486. The highest BCUT2D eigenvalue weighted by atomic mass is 16.6. The van der Waals surface area contributed by atoms with Crippen molar-refractivity contribution in [3.63, 3.8) is 0 Å². The standard InChI is InChI=1S/C22H35N3O2.C15H29N3O2/c1-18-16-23(17-19-8-6-5-7-9-19)11-10-20(18)24-12-14-25(15-13-24)21(26)27-22(2,3)4;1-12-11-16-6-5-13(12)17-7-9-18(10-8-17)14(19)20-15(2,3)4/h5-9,18,20H,10-17H2,1-4H3;12-13,16H,5-11H2,1-4H3. The fraction of sp³-hybridized carbons (Fsp3) is 0.784. The van der Waals surface area contributed by atoms with E-state index in [9.17, 15) is 9.59 Å². The lowest BCUT2D eigenvalue weighted by Crippen LogP contribution is -2.57. The molecule has 0 saturated carbocycles. The van der Waals surface area contributed by atoms with Gasteiger partial charge in [-0.2, -0.15) is 0 Å². The number of likely N-dealkylation sites (tertiary alicyclic amines) is 1. The van der Waals surface area contributed by atoms with Gasteiger partial charge >= 0.3 is 12.2 Å². The molecule has 1 N–H and O–H groups in total. The average molecular weight is 657 g/mol. The van der Waals surface area contributed by atoms with E-state index in [4.69, 9.17) is 9.47 Å². The van der Waals surface area contributed by atoms with Crippen LogP contribution < -0.4 is 5.32 Å². The van der Waals surface area contributed by atoms with E-state index in [-0.39, 0.29) is 12.2 Å². The Morgan fingerprint density at radius 1 is 0.702 bits per heavy atom. The molecule has 4 heterocycles. The highest BCUT2D eigenvalue weighted by molar-refractivity contribution is 5.68. The fourth-order valence-electron chi connectivity index (χ4n) is 7.42. The zero-order valence-corrected chi connectivity index (χ0v) is 30.7. The van der Waals surface area contributed by atoms with Gasteiger partial charge in [0.1, 0.15) is 11.2 Å². The van der Waals surface area contributed by atoms with E-state index in [1.54, 1.807) is 0 Å². The third-order valence-electron chi connectivity index (χ3n) is 9.80. The largest absolute Gasteiger partial charge is 0.444 e. The van der Waals surface area contributed by atoms with Crippen LogP contribution >= 0.6 is 0 Å². The van der Waals surface area contributed by atoms with Gasteiger partial charge in [-0.15, -0.1) is 0 Å². The Bertz CT molecular complexity index is 1110. The molecule has 0 radical (unpaired) electrons. The molecular weight excluding hydrogens is 592 g/mol. The van der Waals surface area contributed by atoms with Gasteiger partial charge in [-0.3, -0.25) is 14.7 Å². The van der Waals surface area contributed by atoms with Gasteiger partial charge in [0.15, 0.2) is 0 Å². The summed E-state index contributed by atoms with van der Waals surface area (Å²) in [5, 5.41) is 3.45. The summed E-state index contributed by atoms with van der Waals surface area (Å²) in [5.41, 5.74) is 0.570. The lowest BCUT2D eigenvalue weighted by Gasteiger charge is -2.45. The van der Waals surface area contributed by atoms with E-state index < -0.39 is 11.2 Å². The maximum Gasteiger partial charge on any atom is 0.410 e. The molecule has 4 fully saturated rings. The van der Waals surface area contributed by atoms with Crippen molar-refractivity contribution in [3.05, 3.63) is 35.9 Å². The van der Waals surface area contributed by atoms with Crippen LogP contribution in [0.25, 0.3) is 0 Å². The lowest BCUT2D eigenvalue weighted by atomic mass is 9.91. The zero-order chi connectivity index (χ0) is 34.2. The Kier molecular flexibility index (Phi) is 13.4. The molecule has 0 aliphatic carbocycles. The zero-order valence-electron chi connectivity index (χ0n) is 30.7. The van der Waals surface area contributed by atoms with Crippen LogP contribution in [0, 0.1) is 11.8 Å². The summed E-state index contributed by atoms with van der Waals surface area (Å²) >= 11 is 0. The first kappa shape index (κ1) is 37.4. The number of nitrogens with zero attached hydrogens (tertiary/aromatic N) is 5. The predicted molar refractivity (Wildman–Crippen MR) is 188 cm³/mol. The number of benzene rings is 1. The molecule has 1 aromatic rings. The van der Waals surface area contributed by atoms with Crippen LogP contribution in [-0.2, 0) is 16.0 Å². The second kappa shape index (κ2) is 16.8. The van der Waals surface area contributed by atoms with Crippen molar-refractivity contribution < 1.29 is 19.1 Å². The molecule has 47 heavy (non-hydrogen) atoms. The Labute approximate surface area is 285 Å². The average Bonchev–Trinajstić information content (AvgIpc) is 3.01. The van der Waals surface area contributed by atoms with E-state index in [2.05, 4.69) is 64.2 Å². The summed E-state index contributed by atoms with van der Waals surface area (Å²) in [6.07, 6.45) is 2.08. The van der Waals surface area contributed by atoms with Gasteiger partial charge in [0, 0.05) is 77.5 Å². The van der Waals surface area contributed by atoms with Gasteiger partial charge in [0.25, 0.3) is 0 Å². The maximum absolute atomic E-state index is 12.3. The molecular formula is C37H64N6O4. The summed E-state index contributed by atoms with van der Waals surface area (Å²) in [7, 11) is 0. The first-order valence-corrected chi connectivity index (χ1v) is 18.1. The second-order valence-corrected chi connectivity index (χ2v) is 16.1. The van der Waals surface area contributed by atoms with Gasteiger partial charge in [-0.1, -0.05) is 44.2 Å². The maximum atomic E-state index is 12.3. The molecule has 10 heteroatoms. The molecule has 4 aliphatic heterocycles. The summed E-state index contributed by atoms with van der Waals surface area (Å²) in [6.45, 7) is 28.7. The van der Waals surface area contributed by atoms with Crippen molar-refractivity contribution in [1.29, 1.82) is 0 Å². The van der Waals surface area contributed by atoms with Gasteiger partial charge < -0.3 is 24.6 Å². The van der Waals surface area contributed by atoms with Crippen LogP contribution in [0.5, 0.6) is 0 Å². The lowest BCUT2D eigenvalue weighted by molar-refractivity contribution is -0.00237. The van der Waals surface area contributed by atoms with Crippen LogP contribution in [-0.4, -0.2) is 139 Å². The van der Waals surface area contributed by atoms with E-state index in [1.165, 1.54) is 18.4 Å². The number of ether oxygens (including phenoxy) is 2. The normalized spacial score (nSPS) is 27.1. The molecule has 4 unspecified atom stereocenters. The molecule has 2 amide bonds. The summed E-state index contributed by atoms with van der Waals surface area (Å²) in [4.78, 5) is 35.7. The highest BCUT2D eigenvalue weighted by Crippen LogP contribution is 2.25. The van der Waals surface area contributed by atoms with Crippen molar-refractivity contribution in [3.8, 4) is 0 Å². The van der Waals surface area contributed by atoms with Crippen molar-refractivity contribution in [2.24, 2.45) is 11.8 Å². The molecule has 10 nitrogen and oxygen atoms in total. The van der Waals surface area contributed by atoms with E-state index in [0.29, 0.717) is 23.9 Å². The van der Waals surface area contributed by atoms with Crippen LogP contribution in [0.2, 0.25) is 0 Å². The monoisotopic (exact) mass is 656 g/mol. The van der Waals surface area contributed by atoms with Gasteiger partial charge in [-0.05, 0) is 91.4 Å². The molecule has 0 bridgehead atoms. The molecule has 0 aromatic heterocycles. The molecule has 4 atom stereocenters. The van der Waals surface area contributed by atoms with Crippen molar-refractivity contribution in [2.45, 2.75) is 98.1 Å². The van der Waals surface area contributed by atoms with Crippen LogP contribution in [0.15, 0.2) is 30.3 Å². The molecule has 4 saturated heterocycles. The number of hydrogen-bond donors (Lipinski definition) is 1. The number of nitrogens with one attached hydrogen (secondary N) is 1. The molecule has 1 aromatic carbocycles. The van der Waals surface area contributed by atoms with Crippen LogP contribution in [0.1, 0.15) is 73.8 Å². The predicted octanol–water partition coefficient (Wildman–Crippen LogP) is 4.99. The van der Waals surface area contributed by atoms with Gasteiger partial charge in [-0.25, -0.2) is 9.59 Å². The number of piperidine rings is 2. The number of piperazine rings is 2. The fourth-order valence-corrected chi connectivity index (χ4v) is 7.42. The third-order valence-corrected chi connectivity index (χ3v) is 9.80. The molecule has 5 rings (SSSR count). The van der Waals surface area contributed by atoms with Gasteiger partial charge in [0.2, 0.25) is 0 Å². The number of carbonyl (C=O) groups excluding carboxylic acids is 2. The summed E-state index contributed by atoms with van der Waals surface area (Å²) < 4.78 is 10.9. The Hall–Kier alpha value is -2.40. The Morgan fingerprint density at radius 2 is 1.19 bits per heavy atom.